The van der Waals surface area contributed by atoms with Gasteiger partial charge in [0.2, 0.25) is 0 Å². The highest BCUT2D eigenvalue weighted by molar-refractivity contribution is 9.10. The van der Waals surface area contributed by atoms with Gasteiger partial charge in [0.1, 0.15) is 11.5 Å². The molecule has 2 N–H and O–H groups in total. The smallest absolute Gasteiger partial charge is 0.255 e. The van der Waals surface area contributed by atoms with Crippen LogP contribution < -0.4 is 10.1 Å². The van der Waals surface area contributed by atoms with Crippen LogP contribution in [0.5, 0.6) is 11.5 Å². The predicted molar refractivity (Wildman–Crippen MR) is 81.5 cm³/mol. The summed E-state index contributed by atoms with van der Waals surface area (Å²) in [5, 5.41) is 12.4. The summed E-state index contributed by atoms with van der Waals surface area (Å²) in [4.78, 5) is 12.1. The number of methoxy groups -OCH3 is 1. The molecule has 2 aromatic carbocycles. The fourth-order valence-electron chi connectivity index (χ4n) is 1.67. The fraction of sp³-hybridized carbons (Fsp3) is 0.133. The van der Waals surface area contributed by atoms with Crippen molar-refractivity contribution in [3.63, 3.8) is 0 Å². The lowest BCUT2D eigenvalue weighted by Gasteiger charge is -2.10. The van der Waals surface area contributed by atoms with Crippen LogP contribution in [-0.2, 0) is 0 Å². The summed E-state index contributed by atoms with van der Waals surface area (Å²) in [7, 11) is 1.56. The third-order valence-corrected chi connectivity index (χ3v) is 3.58. The molecule has 0 heterocycles. The molecule has 0 atom stereocenters. The van der Waals surface area contributed by atoms with Crippen molar-refractivity contribution in [1.29, 1.82) is 0 Å². The van der Waals surface area contributed by atoms with Gasteiger partial charge in [0.15, 0.2) is 0 Å². The number of anilines is 1. The van der Waals surface area contributed by atoms with Crippen LogP contribution in [0.1, 0.15) is 15.9 Å². The van der Waals surface area contributed by atoms with Crippen LogP contribution in [0.25, 0.3) is 0 Å². The molecule has 0 bridgehead atoms. The molecule has 0 aliphatic carbocycles. The van der Waals surface area contributed by atoms with Gasteiger partial charge in [-0.2, -0.15) is 0 Å². The second kappa shape index (κ2) is 5.96. The molecule has 104 valence electrons. The lowest BCUT2D eigenvalue weighted by molar-refractivity contribution is 0.102. The minimum atomic E-state index is -0.297. The number of phenols is 1. The third kappa shape index (κ3) is 3.11. The standard InChI is InChI=1S/C15H14BrNO3/c1-9-3-4-10(7-14(9)18)15(19)17-13-8-11(20-2)5-6-12(13)16/h3-8,18H,1-2H3,(H,17,19). The van der Waals surface area contributed by atoms with Crippen molar-refractivity contribution in [1.82, 2.24) is 0 Å². The second-order valence-electron chi connectivity index (χ2n) is 4.30. The van der Waals surface area contributed by atoms with Crippen molar-refractivity contribution in [2.45, 2.75) is 6.92 Å². The highest BCUT2D eigenvalue weighted by Crippen LogP contribution is 2.28. The van der Waals surface area contributed by atoms with E-state index in [2.05, 4.69) is 21.2 Å². The quantitative estimate of drug-likeness (QED) is 0.898. The number of amides is 1. The molecule has 2 aromatic rings. The van der Waals surface area contributed by atoms with Crippen molar-refractivity contribution in [2.24, 2.45) is 0 Å². The van der Waals surface area contributed by atoms with Gasteiger partial charge >= 0.3 is 0 Å². The van der Waals surface area contributed by atoms with E-state index in [-0.39, 0.29) is 11.7 Å². The maximum atomic E-state index is 12.1. The molecule has 0 saturated heterocycles. The van der Waals surface area contributed by atoms with Gasteiger partial charge in [0.25, 0.3) is 5.91 Å². The van der Waals surface area contributed by atoms with E-state index in [1.807, 2.05) is 0 Å². The molecule has 20 heavy (non-hydrogen) atoms. The molecule has 1 amide bonds. The molecule has 0 unspecified atom stereocenters. The Morgan fingerprint density at radius 2 is 2.00 bits per heavy atom. The molecular weight excluding hydrogens is 322 g/mol. The van der Waals surface area contributed by atoms with E-state index in [9.17, 15) is 9.90 Å². The number of ether oxygens (including phenoxy) is 1. The molecule has 0 saturated carbocycles. The first-order chi connectivity index (χ1) is 9.51. The summed E-state index contributed by atoms with van der Waals surface area (Å²) in [6, 6.07) is 10.1. The van der Waals surface area contributed by atoms with Gasteiger partial charge in [0, 0.05) is 16.1 Å². The van der Waals surface area contributed by atoms with Gasteiger partial charge < -0.3 is 15.2 Å². The van der Waals surface area contributed by atoms with Crippen LogP contribution >= 0.6 is 15.9 Å². The van der Waals surface area contributed by atoms with E-state index in [1.54, 1.807) is 44.4 Å². The zero-order valence-corrected chi connectivity index (χ0v) is 12.7. The van der Waals surface area contributed by atoms with E-state index in [0.717, 1.165) is 10.0 Å². The Bertz CT molecular complexity index is 656. The van der Waals surface area contributed by atoms with Crippen LogP contribution in [0.15, 0.2) is 40.9 Å². The van der Waals surface area contributed by atoms with Gasteiger partial charge in [-0.3, -0.25) is 4.79 Å². The van der Waals surface area contributed by atoms with Crippen LogP contribution in [0.4, 0.5) is 5.69 Å². The van der Waals surface area contributed by atoms with E-state index in [0.29, 0.717) is 17.0 Å². The second-order valence-corrected chi connectivity index (χ2v) is 5.16. The lowest BCUT2D eigenvalue weighted by Crippen LogP contribution is -2.12. The van der Waals surface area contributed by atoms with E-state index in [1.165, 1.54) is 6.07 Å². The molecule has 0 radical (unpaired) electrons. The summed E-state index contributed by atoms with van der Waals surface area (Å²) in [5.41, 5.74) is 1.72. The Balaban J connectivity index is 2.25. The summed E-state index contributed by atoms with van der Waals surface area (Å²) in [6.07, 6.45) is 0. The van der Waals surface area contributed by atoms with Gasteiger partial charge in [-0.05, 0) is 52.7 Å². The summed E-state index contributed by atoms with van der Waals surface area (Å²) >= 11 is 3.37. The number of hydrogen-bond donors (Lipinski definition) is 2. The number of hydrogen-bond acceptors (Lipinski definition) is 3. The third-order valence-electron chi connectivity index (χ3n) is 2.89. The van der Waals surface area contributed by atoms with Crippen molar-refractivity contribution in [3.05, 3.63) is 52.0 Å². The summed E-state index contributed by atoms with van der Waals surface area (Å²) in [6.45, 7) is 1.77. The van der Waals surface area contributed by atoms with Gasteiger partial charge in [0.05, 0.1) is 12.8 Å². The number of aromatic hydroxyl groups is 1. The average molecular weight is 336 g/mol. The summed E-state index contributed by atoms with van der Waals surface area (Å²) < 4.78 is 5.87. The number of aryl methyl sites for hydroxylation is 1. The maximum Gasteiger partial charge on any atom is 0.255 e. The Hall–Kier alpha value is -2.01. The van der Waals surface area contributed by atoms with E-state index >= 15 is 0 Å². The molecular formula is C15H14BrNO3. The van der Waals surface area contributed by atoms with E-state index < -0.39 is 0 Å². The minimum Gasteiger partial charge on any atom is -0.508 e. The molecule has 0 aliphatic heterocycles. The predicted octanol–water partition coefficient (Wildman–Crippen LogP) is 3.72. The van der Waals surface area contributed by atoms with Crippen molar-refractivity contribution < 1.29 is 14.6 Å². The highest BCUT2D eigenvalue weighted by Gasteiger charge is 2.10. The molecule has 0 aliphatic rings. The minimum absolute atomic E-state index is 0.0994. The van der Waals surface area contributed by atoms with Gasteiger partial charge in [-0.25, -0.2) is 0 Å². The number of benzene rings is 2. The van der Waals surface area contributed by atoms with Crippen LogP contribution in [0, 0.1) is 6.92 Å². The van der Waals surface area contributed by atoms with E-state index in [4.69, 9.17) is 4.74 Å². The number of carbonyl (C=O) groups is 1. The molecule has 0 fully saturated rings. The lowest BCUT2D eigenvalue weighted by atomic mass is 10.1. The van der Waals surface area contributed by atoms with Crippen molar-refractivity contribution >= 4 is 27.5 Å². The molecule has 4 nitrogen and oxygen atoms in total. The first-order valence-electron chi connectivity index (χ1n) is 5.96. The van der Waals surface area contributed by atoms with Crippen LogP contribution in [-0.4, -0.2) is 18.1 Å². The number of phenolic OH excluding ortho intramolecular Hbond substituents is 1. The van der Waals surface area contributed by atoms with Gasteiger partial charge in [-0.1, -0.05) is 6.07 Å². The first kappa shape index (κ1) is 14.4. The number of carbonyl (C=O) groups excluding carboxylic acids is 1. The first-order valence-corrected chi connectivity index (χ1v) is 6.75. The number of halogens is 1. The van der Waals surface area contributed by atoms with Crippen molar-refractivity contribution in [2.75, 3.05) is 12.4 Å². The number of nitrogens with one attached hydrogen (secondary N) is 1. The Labute approximate surface area is 125 Å². The Morgan fingerprint density at radius 3 is 2.65 bits per heavy atom. The monoisotopic (exact) mass is 335 g/mol. The topological polar surface area (TPSA) is 58.6 Å². The molecule has 0 aromatic heterocycles. The zero-order valence-electron chi connectivity index (χ0n) is 11.1. The molecule has 2 rings (SSSR count). The van der Waals surface area contributed by atoms with Gasteiger partial charge in [-0.15, -0.1) is 0 Å². The van der Waals surface area contributed by atoms with Crippen molar-refractivity contribution in [3.8, 4) is 11.5 Å². The van der Waals surface area contributed by atoms with Crippen LogP contribution in [0.3, 0.4) is 0 Å². The normalized spacial score (nSPS) is 10.2. The zero-order chi connectivity index (χ0) is 14.7. The fourth-order valence-corrected chi connectivity index (χ4v) is 2.02. The Kier molecular flexibility index (Phi) is 4.29. The number of rotatable bonds is 3. The molecule has 0 spiro atoms. The SMILES string of the molecule is COc1ccc(Br)c(NC(=O)c2ccc(C)c(O)c2)c1. The average Bonchev–Trinajstić information content (AvgIpc) is 2.44. The Morgan fingerprint density at radius 1 is 1.25 bits per heavy atom. The maximum absolute atomic E-state index is 12.1. The largest absolute Gasteiger partial charge is 0.508 e. The van der Waals surface area contributed by atoms with Crippen LogP contribution in [0.2, 0.25) is 0 Å². The molecule has 5 heteroatoms. The summed E-state index contributed by atoms with van der Waals surface area (Å²) in [5.74, 6) is 0.451. The highest BCUT2D eigenvalue weighted by atomic mass is 79.9.